The summed E-state index contributed by atoms with van der Waals surface area (Å²) in [6.07, 6.45) is 7.46. The zero-order valence-corrected chi connectivity index (χ0v) is 9.98. The van der Waals surface area contributed by atoms with Gasteiger partial charge in [-0.2, -0.15) is 0 Å². The minimum Gasteiger partial charge on any atom is -0.381 e. The molecule has 0 saturated heterocycles. The van der Waals surface area contributed by atoms with Crippen LogP contribution in [-0.4, -0.2) is 26.3 Å². The molecule has 0 aromatic carbocycles. The van der Waals surface area contributed by atoms with Gasteiger partial charge in [0.05, 0.1) is 0 Å². The topological polar surface area (TPSA) is 21.3 Å². The van der Waals surface area contributed by atoms with E-state index in [0.29, 0.717) is 0 Å². The van der Waals surface area contributed by atoms with Crippen LogP contribution >= 0.6 is 0 Å². The average molecular weight is 201 g/mol. The molecule has 86 valence electrons. The Morgan fingerprint density at radius 3 is 2.14 bits per heavy atom. The molecule has 0 rings (SSSR count). The first-order valence-corrected chi connectivity index (χ1v) is 6.20. The minimum absolute atomic E-state index is 0.940. The predicted octanol–water partition coefficient (Wildman–Crippen LogP) is 2.97. The van der Waals surface area contributed by atoms with Gasteiger partial charge >= 0.3 is 0 Å². The molecule has 0 aliphatic heterocycles. The van der Waals surface area contributed by atoms with E-state index in [1.165, 1.54) is 45.1 Å². The monoisotopic (exact) mass is 201 g/mol. The Balaban J connectivity index is 2.78. The molecule has 0 unspecified atom stereocenters. The van der Waals surface area contributed by atoms with Crippen molar-refractivity contribution in [2.45, 2.75) is 52.4 Å². The van der Waals surface area contributed by atoms with Crippen molar-refractivity contribution in [3.63, 3.8) is 0 Å². The third-order valence-electron chi connectivity index (χ3n) is 2.24. The summed E-state index contributed by atoms with van der Waals surface area (Å²) in [6, 6.07) is 0. The van der Waals surface area contributed by atoms with Crippen LogP contribution in [0.15, 0.2) is 0 Å². The normalized spacial score (nSPS) is 10.7. The van der Waals surface area contributed by atoms with E-state index in [2.05, 4.69) is 19.2 Å². The van der Waals surface area contributed by atoms with Gasteiger partial charge in [0.2, 0.25) is 0 Å². The van der Waals surface area contributed by atoms with E-state index < -0.39 is 0 Å². The van der Waals surface area contributed by atoms with Gasteiger partial charge in [0, 0.05) is 13.2 Å². The molecule has 0 bridgehead atoms. The molecule has 0 aromatic rings. The highest BCUT2D eigenvalue weighted by molar-refractivity contribution is 4.47. The van der Waals surface area contributed by atoms with E-state index in [4.69, 9.17) is 4.74 Å². The number of nitrogens with one attached hydrogen (secondary N) is 1. The van der Waals surface area contributed by atoms with E-state index in [9.17, 15) is 0 Å². The fraction of sp³-hybridized carbons (Fsp3) is 1.00. The largest absolute Gasteiger partial charge is 0.381 e. The van der Waals surface area contributed by atoms with E-state index >= 15 is 0 Å². The first-order chi connectivity index (χ1) is 6.91. The Labute approximate surface area is 89.4 Å². The fourth-order valence-electron chi connectivity index (χ4n) is 1.23. The number of rotatable bonds is 11. The van der Waals surface area contributed by atoms with Gasteiger partial charge in [0.25, 0.3) is 0 Å². The molecule has 2 nitrogen and oxygen atoms in total. The summed E-state index contributed by atoms with van der Waals surface area (Å²) < 4.78 is 5.47. The molecule has 0 aliphatic carbocycles. The lowest BCUT2D eigenvalue weighted by Crippen LogP contribution is -2.16. The van der Waals surface area contributed by atoms with Crippen LogP contribution < -0.4 is 5.32 Å². The molecule has 0 atom stereocenters. The molecule has 0 aromatic heterocycles. The van der Waals surface area contributed by atoms with Crippen molar-refractivity contribution in [3.8, 4) is 0 Å². The average Bonchev–Trinajstić information content (AvgIpc) is 2.21. The van der Waals surface area contributed by atoms with E-state index in [1.807, 2.05) is 0 Å². The Bertz CT molecular complexity index is 84.3. The highest BCUT2D eigenvalue weighted by Crippen LogP contribution is 1.92. The summed E-state index contributed by atoms with van der Waals surface area (Å²) >= 11 is 0. The van der Waals surface area contributed by atoms with Crippen LogP contribution in [0.3, 0.4) is 0 Å². The van der Waals surface area contributed by atoms with Crippen molar-refractivity contribution in [2.75, 3.05) is 26.3 Å². The lowest BCUT2D eigenvalue weighted by Gasteiger charge is -2.04. The zero-order chi connectivity index (χ0) is 10.5. The molecule has 0 spiro atoms. The second kappa shape index (κ2) is 12.9. The lowest BCUT2D eigenvalue weighted by atomic mass is 10.3. The Kier molecular flexibility index (Phi) is 12.8. The molecule has 0 radical (unpaired) electrons. The minimum atomic E-state index is 0.940. The highest BCUT2D eigenvalue weighted by Gasteiger charge is 1.90. The van der Waals surface area contributed by atoms with Gasteiger partial charge in [-0.1, -0.05) is 26.7 Å². The third kappa shape index (κ3) is 11.9. The molecule has 14 heavy (non-hydrogen) atoms. The Hall–Kier alpha value is -0.0800. The summed E-state index contributed by atoms with van der Waals surface area (Å²) in [4.78, 5) is 0. The van der Waals surface area contributed by atoms with Gasteiger partial charge < -0.3 is 10.1 Å². The van der Waals surface area contributed by atoms with E-state index in [0.717, 1.165) is 19.8 Å². The van der Waals surface area contributed by atoms with Crippen molar-refractivity contribution in [1.82, 2.24) is 5.32 Å². The first-order valence-electron chi connectivity index (χ1n) is 6.20. The molecule has 2 heteroatoms. The molecule has 0 heterocycles. The summed E-state index contributed by atoms with van der Waals surface area (Å²) in [5.41, 5.74) is 0. The van der Waals surface area contributed by atoms with Gasteiger partial charge in [-0.05, 0) is 38.8 Å². The quantitative estimate of drug-likeness (QED) is 0.519. The molecular formula is C12H27NO. The van der Waals surface area contributed by atoms with Crippen LogP contribution in [0.2, 0.25) is 0 Å². The van der Waals surface area contributed by atoms with E-state index in [1.54, 1.807) is 0 Å². The van der Waals surface area contributed by atoms with Crippen LogP contribution in [0.4, 0.5) is 0 Å². The van der Waals surface area contributed by atoms with E-state index in [-0.39, 0.29) is 0 Å². The van der Waals surface area contributed by atoms with Gasteiger partial charge in [-0.3, -0.25) is 0 Å². The number of ether oxygens (including phenoxy) is 1. The van der Waals surface area contributed by atoms with Crippen molar-refractivity contribution >= 4 is 0 Å². The van der Waals surface area contributed by atoms with Crippen molar-refractivity contribution in [2.24, 2.45) is 0 Å². The Morgan fingerprint density at radius 1 is 0.786 bits per heavy atom. The summed E-state index contributed by atoms with van der Waals surface area (Å²) in [6.45, 7) is 8.63. The van der Waals surface area contributed by atoms with Gasteiger partial charge in [-0.15, -0.1) is 0 Å². The number of hydrogen-bond acceptors (Lipinski definition) is 2. The highest BCUT2D eigenvalue weighted by atomic mass is 16.5. The van der Waals surface area contributed by atoms with Crippen LogP contribution in [0.1, 0.15) is 52.4 Å². The molecule has 0 aliphatic rings. The van der Waals surface area contributed by atoms with Gasteiger partial charge in [0.1, 0.15) is 0 Å². The molecule has 0 saturated carbocycles. The summed E-state index contributed by atoms with van der Waals surface area (Å²) in [5, 5.41) is 3.43. The molecule has 0 amide bonds. The SMILES string of the molecule is CCCCNCCCCOCCCC. The van der Waals surface area contributed by atoms with Crippen molar-refractivity contribution in [3.05, 3.63) is 0 Å². The van der Waals surface area contributed by atoms with Crippen LogP contribution in [-0.2, 0) is 4.74 Å². The summed E-state index contributed by atoms with van der Waals surface area (Å²) in [5.74, 6) is 0. The maximum Gasteiger partial charge on any atom is 0.0466 e. The van der Waals surface area contributed by atoms with Gasteiger partial charge in [-0.25, -0.2) is 0 Å². The zero-order valence-electron chi connectivity index (χ0n) is 9.98. The molecular weight excluding hydrogens is 174 g/mol. The van der Waals surface area contributed by atoms with Crippen LogP contribution in [0.5, 0.6) is 0 Å². The van der Waals surface area contributed by atoms with Crippen molar-refractivity contribution < 1.29 is 4.74 Å². The second-order valence-corrected chi connectivity index (χ2v) is 3.78. The lowest BCUT2D eigenvalue weighted by molar-refractivity contribution is 0.127. The maximum atomic E-state index is 5.47. The first kappa shape index (κ1) is 13.9. The predicted molar refractivity (Wildman–Crippen MR) is 62.7 cm³/mol. The van der Waals surface area contributed by atoms with Gasteiger partial charge in [0.15, 0.2) is 0 Å². The number of hydrogen-bond donors (Lipinski definition) is 1. The number of unbranched alkanes of at least 4 members (excludes halogenated alkanes) is 3. The second-order valence-electron chi connectivity index (χ2n) is 3.78. The molecule has 0 fully saturated rings. The van der Waals surface area contributed by atoms with Crippen LogP contribution in [0, 0.1) is 0 Å². The Morgan fingerprint density at radius 2 is 1.43 bits per heavy atom. The summed E-state index contributed by atoms with van der Waals surface area (Å²) in [7, 11) is 0. The molecule has 1 N–H and O–H groups in total. The van der Waals surface area contributed by atoms with Crippen molar-refractivity contribution in [1.29, 1.82) is 0 Å². The smallest absolute Gasteiger partial charge is 0.0466 e. The standard InChI is InChI=1S/C12H27NO/c1-3-5-9-13-10-7-8-12-14-11-6-4-2/h13H,3-12H2,1-2H3. The third-order valence-corrected chi connectivity index (χ3v) is 2.24. The fourth-order valence-corrected chi connectivity index (χ4v) is 1.23. The maximum absolute atomic E-state index is 5.47. The van der Waals surface area contributed by atoms with Crippen LogP contribution in [0.25, 0.3) is 0 Å².